The Morgan fingerprint density at radius 2 is 2.00 bits per heavy atom. The van der Waals surface area contributed by atoms with E-state index in [1.54, 1.807) is 6.26 Å². The molecule has 0 radical (unpaired) electrons. The second-order valence-electron chi connectivity index (χ2n) is 6.50. The molecular formula is C18H23ClIN7O. The van der Waals surface area contributed by atoms with Gasteiger partial charge >= 0.3 is 0 Å². The Morgan fingerprint density at radius 3 is 2.71 bits per heavy atom. The molecule has 150 valence electrons. The zero-order chi connectivity index (χ0) is 18.6. The first-order chi connectivity index (χ1) is 13.2. The molecule has 0 saturated carbocycles. The van der Waals surface area contributed by atoms with Crippen molar-refractivity contribution in [1.82, 2.24) is 29.7 Å². The molecule has 1 aliphatic heterocycles. The summed E-state index contributed by atoms with van der Waals surface area (Å²) in [6.07, 6.45) is 5.46. The number of fused-ring (bicyclic) bond motifs is 1. The van der Waals surface area contributed by atoms with Crippen molar-refractivity contribution in [2.24, 2.45) is 4.99 Å². The third-order valence-corrected chi connectivity index (χ3v) is 4.88. The molecule has 0 spiro atoms. The van der Waals surface area contributed by atoms with Crippen molar-refractivity contribution in [3.05, 3.63) is 53.3 Å². The normalized spacial score (nSPS) is 15.6. The van der Waals surface area contributed by atoms with Gasteiger partial charge in [-0.3, -0.25) is 9.89 Å². The average Bonchev–Trinajstić information content (AvgIpc) is 3.32. The summed E-state index contributed by atoms with van der Waals surface area (Å²) < 4.78 is 6.84. The molecule has 10 heteroatoms. The van der Waals surface area contributed by atoms with Crippen LogP contribution in [0.2, 0.25) is 5.02 Å². The number of rotatable bonds is 4. The van der Waals surface area contributed by atoms with Crippen molar-refractivity contribution >= 4 is 47.2 Å². The highest BCUT2D eigenvalue weighted by atomic mass is 127. The van der Waals surface area contributed by atoms with Gasteiger partial charge in [0.25, 0.3) is 0 Å². The summed E-state index contributed by atoms with van der Waals surface area (Å²) in [6, 6.07) is 5.67. The topological polar surface area (TPSA) is 74.2 Å². The van der Waals surface area contributed by atoms with Gasteiger partial charge in [0.05, 0.1) is 23.0 Å². The number of nitrogens with one attached hydrogen (secondary N) is 1. The molecule has 1 aliphatic rings. The van der Waals surface area contributed by atoms with E-state index in [0.717, 1.165) is 55.7 Å². The van der Waals surface area contributed by atoms with Crippen LogP contribution >= 0.6 is 35.6 Å². The molecule has 1 fully saturated rings. The molecule has 4 heterocycles. The van der Waals surface area contributed by atoms with Gasteiger partial charge in [0.15, 0.2) is 5.96 Å². The highest BCUT2D eigenvalue weighted by molar-refractivity contribution is 14.0. The number of halogens is 2. The number of pyridine rings is 1. The van der Waals surface area contributed by atoms with E-state index >= 15 is 0 Å². The Bertz CT molecular complexity index is 919. The number of piperazine rings is 1. The Hall–Kier alpha value is -1.85. The van der Waals surface area contributed by atoms with Crippen molar-refractivity contribution < 1.29 is 4.52 Å². The molecule has 0 atom stereocenters. The van der Waals surface area contributed by atoms with E-state index in [-0.39, 0.29) is 24.0 Å². The molecule has 0 amide bonds. The number of hydrogen-bond acceptors (Lipinski definition) is 5. The van der Waals surface area contributed by atoms with E-state index in [1.165, 1.54) is 0 Å². The summed E-state index contributed by atoms with van der Waals surface area (Å²) in [5.41, 5.74) is 2.80. The molecule has 3 aromatic heterocycles. The summed E-state index contributed by atoms with van der Waals surface area (Å²) in [5, 5.41) is 8.09. The molecular weight excluding hydrogens is 493 g/mol. The Morgan fingerprint density at radius 1 is 1.18 bits per heavy atom. The minimum atomic E-state index is 0. The molecule has 0 unspecified atom stereocenters. The van der Waals surface area contributed by atoms with Crippen LogP contribution in [-0.2, 0) is 13.1 Å². The van der Waals surface area contributed by atoms with Crippen LogP contribution < -0.4 is 5.32 Å². The molecule has 0 bridgehead atoms. The maximum absolute atomic E-state index is 6.03. The van der Waals surface area contributed by atoms with E-state index < -0.39 is 0 Å². The summed E-state index contributed by atoms with van der Waals surface area (Å²) in [4.78, 5) is 13.7. The molecule has 3 aromatic rings. The summed E-state index contributed by atoms with van der Waals surface area (Å²) >= 11 is 6.03. The van der Waals surface area contributed by atoms with Crippen LogP contribution in [0.25, 0.3) is 5.65 Å². The summed E-state index contributed by atoms with van der Waals surface area (Å²) in [6.45, 7) is 5.18. The fraction of sp³-hybridized carbons (Fsp3) is 0.389. The molecule has 4 rings (SSSR count). The third kappa shape index (κ3) is 4.95. The van der Waals surface area contributed by atoms with E-state index in [0.29, 0.717) is 11.6 Å². The van der Waals surface area contributed by atoms with Crippen LogP contribution in [0.3, 0.4) is 0 Å². The second kappa shape index (κ2) is 9.57. The van der Waals surface area contributed by atoms with Crippen molar-refractivity contribution in [3.63, 3.8) is 0 Å². The van der Waals surface area contributed by atoms with Gasteiger partial charge < -0.3 is 19.1 Å². The van der Waals surface area contributed by atoms with Gasteiger partial charge in [0.1, 0.15) is 11.9 Å². The first kappa shape index (κ1) is 20.9. The second-order valence-corrected chi connectivity index (χ2v) is 6.94. The van der Waals surface area contributed by atoms with Crippen LogP contribution in [0.15, 0.2) is 46.4 Å². The van der Waals surface area contributed by atoms with Gasteiger partial charge in [-0.05, 0) is 12.1 Å². The van der Waals surface area contributed by atoms with Crippen LogP contribution in [0, 0.1) is 0 Å². The van der Waals surface area contributed by atoms with Gasteiger partial charge in [-0.25, -0.2) is 4.98 Å². The van der Waals surface area contributed by atoms with Crippen LogP contribution in [0.4, 0.5) is 0 Å². The van der Waals surface area contributed by atoms with Crippen molar-refractivity contribution in [2.75, 3.05) is 33.2 Å². The predicted octanol–water partition coefficient (Wildman–Crippen LogP) is 2.49. The molecule has 28 heavy (non-hydrogen) atoms. The average molecular weight is 516 g/mol. The molecule has 0 aromatic carbocycles. The highest BCUT2D eigenvalue weighted by Crippen LogP contribution is 2.12. The van der Waals surface area contributed by atoms with Gasteiger partial charge in [0, 0.05) is 58.2 Å². The third-order valence-electron chi connectivity index (χ3n) is 4.65. The minimum Gasteiger partial charge on any atom is -0.364 e. The fourth-order valence-electron chi connectivity index (χ4n) is 3.27. The minimum absolute atomic E-state index is 0. The fourth-order valence-corrected chi connectivity index (χ4v) is 3.44. The number of imidazole rings is 1. The SMILES string of the molecule is CN=C(NCc1cn2cc(Cl)ccc2n1)N1CCN(Cc2ccon2)CC1.I. The van der Waals surface area contributed by atoms with Crippen molar-refractivity contribution in [3.8, 4) is 0 Å². The van der Waals surface area contributed by atoms with E-state index in [1.807, 2.05) is 42.0 Å². The number of hydrogen-bond donors (Lipinski definition) is 1. The van der Waals surface area contributed by atoms with E-state index in [2.05, 4.69) is 30.2 Å². The van der Waals surface area contributed by atoms with Crippen LogP contribution in [-0.4, -0.2) is 63.5 Å². The van der Waals surface area contributed by atoms with Gasteiger partial charge in [0.2, 0.25) is 0 Å². The molecule has 0 aliphatic carbocycles. The van der Waals surface area contributed by atoms with Crippen LogP contribution in [0.5, 0.6) is 0 Å². The maximum Gasteiger partial charge on any atom is 0.194 e. The number of aromatic nitrogens is 3. The van der Waals surface area contributed by atoms with Gasteiger partial charge in [-0.15, -0.1) is 24.0 Å². The zero-order valence-electron chi connectivity index (χ0n) is 15.6. The molecule has 1 saturated heterocycles. The first-order valence-corrected chi connectivity index (χ1v) is 9.29. The molecule has 8 nitrogen and oxygen atoms in total. The quantitative estimate of drug-likeness (QED) is 0.327. The van der Waals surface area contributed by atoms with Crippen molar-refractivity contribution in [1.29, 1.82) is 0 Å². The first-order valence-electron chi connectivity index (χ1n) is 8.91. The smallest absolute Gasteiger partial charge is 0.194 e. The lowest BCUT2D eigenvalue weighted by Gasteiger charge is -2.36. The number of aliphatic imine (C=N–C) groups is 1. The van der Waals surface area contributed by atoms with Gasteiger partial charge in [-0.2, -0.15) is 0 Å². The lowest BCUT2D eigenvalue weighted by atomic mass is 10.3. The van der Waals surface area contributed by atoms with E-state index in [9.17, 15) is 0 Å². The standard InChI is InChI=1S/C18H22ClN7O.HI/c1-20-18(21-10-16-13-26-11-14(19)2-3-17(26)22-16)25-7-5-24(6-8-25)12-15-4-9-27-23-15;/h2-4,9,11,13H,5-8,10,12H2,1H3,(H,20,21);1H. The Balaban J connectivity index is 0.00000225. The monoisotopic (exact) mass is 515 g/mol. The largest absolute Gasteiger partial charge is 0.364 e. The maximum atomic E-state index is 6.03. The van der Waals surface area contributed by atoms with Gasteiger partial charge in [-0.1, -0.05) is 16.8 Å². The lowest BCUT2D eigenvalue weighted by molar-refractivity contribution is 0.169. The van der Waals surface area contributed by atoms with E-state index in [4.69, 9.17) is 16.1 Å². The number of guanidine groups is 1. The van der Waals surface area contributed by atoms with Crippen LogP contribution in [0.1, 0.15) is 11.4 Å². The Labute approximate surface area is 185 Å². The molecule has 1 N–H and O–H groups in total. The summed E-state index contributed by atoms with van der Waals surface area (Å²) in [7, 11) is 1.81. The number of nitrogens with zero attached hydrogens (tertiary/aromatic N) is 6. The summed E-state index contributed by atoms with van der Waals surface area (Å²) in [5.74, 6) is 0.895. The lowest BCUT2D eigenvalue weighted by Crippen LogP contribution is -2.52. The van der Waals surface area contributed by atoms with Crippen molar-refractivity contribution in [2.45, 2.75) is 13.1 Å². The zero-order valence-corrected chi connectivity index (χ0v) is 18.7. The highest BCUT2D eigenvalue weighted by Gasteiger charge is 2.20. The Kier molecular flexibility index (Phi) is 7.13. The predicted molar refractivity (Wildman–Crippen MR) is 119 cm³/mol.